The number of hydrogen-bond acceptors (Lipinski definition) is 5. The highest BCUT2D eigenvalue weighted by molar-refractivity contribution is 7.99. The van der Waals surface area contributed by atoms with Gasteiger partial charge in [0.05, 0.1) is 17.8 Å². The molecule has 144 valence electrons. The molecular weight excluding hydrogens is 370 g/mol. The Hall–Kier alpha value is -2.67. The molecule has 1 aliphatic heterocycles. The maximum atomic E-state index is 12.3. The van der Waals surface area contributed by atoms with Crippen molar-refractivity contribution >= 4 is 17.7 Å². The second kappa shape index (κ2) is 8.56. The Bertz CT molecular complexity index is 901. The first-order chi connectivity index (χ1) is 13.7. The molecule has 28 heavy (non-hydrogen) atoms. The second-order valence-corrected chi connectivity index (χ2v) is 8.12. The summed E-state index contributed by atoms with van der Waals surface area (Å²) in [7, 11) is 0. The Kier molecular flexibility index (Phi) is 5.71. The lowest BCUT2D eigenvalue weighted by Crippen LogP contribution is -2.38. The first-order valence-corrected chi connectivity index (χ1v) is 10.5. The van der Waals surface area contributed by atoms with E-state index in [9.17, 15) is 4.79 Å². The molecule has 1 fully saturated rings. The first-order valence-electron chi connectivity index (χ1n) is 9.52. The van der Waals surface area contributed by atoms with Gasteiger partial charge in [-0.15, -0.1) is 10.2 Å². The van der Waals surface area contributed by atoms with Crippen LogP contribution in [-0.4, -0.2) is 49.4 Å². The van der Waals surface area contributed by atoms with E-state index < -0.39 is 0 Å². The Balaban J connectivity index is 1.34. The molecule has 7 heteroatoms. The van der Waals surface area contributed by atoms with Crippen LogP contribution in [-0.2, 0) is 4.79 Å². The molecule has 0 unspecified atom stereocenters. The SMILES string of the molecule is CC1CCN(C(=O)CSc2ccc(-c3ccc(-n4ccnc4)cc3)nn2)CC1. The molecule has 0 saturated carbocycles. The fraction of sp³-hybridized carbons (Fsp3) is 0.333. The van der Waals surface area contributed by atoms with Crippen molar-refractivity contribution in [1.29, 1.82) is 0 Å². The van der Waals surface area contributed by atoms with Crippen molar-refractivity contribution in [2.24, 2.45) is 5.92 Å². The molecule has 1 aromatic carbocycles. The lowest BCUT2D eigenvalue weighted by molar-refractivity contribution is -0.129. The van der Waals surface area contributed by atoms with Crippen LogP contribution in [0.5, 0.6) is 0 Å². The van der Waals surface area contributed by atoms with Crippen LogP contribution in [0.2, 0.25) is 0 Å². The standard InChI is InChI=1S/C21H23N5OS/c1-16-8-11-25(12-9-16)21(27)14-28-20-7-6-19(23-24-20)17-2-4-18(5-3-17)26-13-10-22-15-26/h2-7,10,13,15-16H,8-9,11-12,14H2,1H3. The van der Waals surface area contributed by atoms with Crippen molar-refractivity contribution < 1.29 is 4.79 Å². The molecule has 3 heterocycles. The smallest absolute Gasteiger partial charge is 0.232 e. The number of thioether (sulfide) groups is 1. The van der Waals surface area contributed by atoms with Crippen LogP contribution in [0.1, 0.15) is 19.8 Å². The summed E-state index contributed by atoms with van der Waals surface area (Å²) in [4.78, 5) is 18.4. The van der Waals surface area contributed by atoms with E-state index in [1.54, 1.807) is 12.5 Å². The summed E-state index contributed by atoms with van der Waals surface area (Å²) < 4.78 is 1.95. The zero-order valence-electron chi connectivity index (χ0n) is 15.9. The fourth-order valence-electron chi connectivity index (χ4n) is 3.25. The van der Waals surface area contributed by atoms with Crippen molar-refractivity contribution in [2.45, 2.75) is 24.8 Å². The average Bonchev–Trinajstić information content (AvgIpc) is 3.28. The number of likely N-dealkylation sites (tertiary alicyclic amines) is 1. The number of piperidine rings is 1. The molecule has 0 radical (unpaired) electrons. The number of carbonyl (C=O) groups excluding carboxylic acids is 1. The molecule has 3 aromatic rings. The molecule has 1 amide bonds. The van der Waals surface area contributed by atoms with E-state index >= 15 is 0 Å². The van der Waals surface area contributed by atoms with E-state index in [-0.39, 0.29) is 5.91 Å². The van der Waals surface area contributed by atoms with E-state index in [0.29, 0.717) is 5.75 Å². The summed E-state index contributed by atoms with van der Waals surface area (Å²) in [5, 5.41) is 9.39. The third-order valence-electron chi connectivity index (χ3n) is 5.09. The van der Waals surface area contributed by atoms with Crippen molar-refractivity contribution in [3.05, 3.63) is 55.1 Å². The predicted molar refractivity (Wildman–Crippen MR) is 110 cm³/mol. The van der Waals surface area contributed by atoms with Gasteiger partial charge in [0, 0.05) is 36.7 Å². The minimum Gasteiger partial charge on any atom is -0.342 e. The summed E-state index contributed by atoms with van der Waals surface area (Å²) in [5.41, 5.74) is 2.87. The van der Waals surface area contributed by atoms with E-state index in [1.807, 2.05) is 52.1 Å². The fourth-order valence-corrected chi connectivity index (χ4v) is 3.97. The van der Waals surface area contributed by atoms with Gasteiger partial charge in [-0.2, -0.15) is 0 Å². The maximum Gasteiger partial charge on any atom is 0.232 e. The van der Waals surface area contributed by atoms with Gasteiger partial charge in [-0.05, 0) is 43.0 Å². The zero-order chi connectivity index (χ0) is 19.3. The molecule has 1 aliphatic rings. The maximum absolute atomic E-state index is 12.3. The Morgan fingerprint density at radius 2 is 1.89 bits per heavy atom. The van der Waals surface area contributed by atoms with Crippen molar-refractivity contribution in [2.75, 3.05) is 18.8 Å². The van der Waals surface area contributed by atoms with Gasteiger partial charge in [-0.1, -0.05) is 30.8 Å². The van der Waals surface area contributed by atoms with Gasteiger partial charge in [-0.25, -0.2) is 4.98 Å². The van der Waals surface area contributed by atoms with Crippen LogP contribution < -0.4 is 0 Å². The average molecular weight is 394 g/mol. The van der Waals surface area contributed by atoms with Crippen molar-refractivity contribution in [3.63, 3.8) is 0 Å². The van der Waals surface area contributed by atoms with Gasteiger partial charge in [0.15, 0.2) is 0 Å². The lowest BCUT2D eigenvalue weighted by atomic mass is 9.99. The van der Waals surface area contributed by atoms with Crippen LogP contribution in [0, 0.1) is 5.92 Å². The Labute approximate surface area is 169 Å². The second-order valence-electron chi connectivity index (χ2n) is 7.13. The van der Waals surface area contributed by atoms with E-state index in [4.69, 9.17) is 0 Å². The quantitative estimate of drug-likeness (QED) is 0.619. The topological polar surface area (TPSA) is 63.9 Å². The highest BCUT2D eigenvalue weighted by atomic mass is 32.2. The normalized spacial score (nSPS) is 15.0. The van der Waals surface area contributed by atoms with E-state index in [2.05, 4.69) is 22.1 Å². The highest BCUT2D eigenvalue weighted by Gasteiger charge is 2.20. The molecule has 0 spiro atoms. The number of carbonyl (C=O) groups is 1. The van der Waals surface area contributed by atoms with Crippen molar-refractivity contribution in [3.8, 4) is 16.9 Å². The Morgan fingerprint density at radius 1 is 1.11 bits per heavy atom. The third kappa shape index (κ3) is 4.42. The molecule has 4 rings (SSSR count). The molecule has 1 saturated heterocycles. The van der Waals surface area contributed by atoms with Gasteiger partial charge in [0.2, 0.25) is 5.91 Å². The number of nitrogens with zero attached hydrogens (tertiary/aromatic N) is 5. The highest BCUT2D eigenvalue weighted by Crippen LogP contribution is 2.22. The number of hydrogen-bond donors (Lipinski definition) is 0. The number of imidazole rings is 1. The molecule has 0 aliphatic carbocycles. The van der Waals surface area contributed by atoms with E-state index in [0.717, 1.165) is 53.8 Å². The zero-order valence-corrected chi connectivity index (χ0v) is 16.7. The molecular formula is C21H23N5OS. The van der Waals surface area contributed by atoms with Crippen LogP contribution in [0.15, 0.2) is 60.1 Å². The van der Waals surface area contributed by atoms with Gasteiger partial charge in [0.25, 0.3) is 0 Å². The third-order valence-corrected chi connectivity index (χ3v) is 5.99. The van der Waals surface area contributed by atoms with Gasteiger partial charge in [0.1, 0.15) is 5.03 Å². The van der Waals surface area contributed by atoms with E-state index in [1.165, 1.54) is 11.8 Å². The molecule has 0 bridgehead atoms. The summed E-state index contributed by atoms with van der Waals surface area (Å²) in [6, 6.07) is 12.0. The summed E-state index contributed by atoms with van der Waals surface area (Å²) in [6.07, 6.45) is 7.64. The molecule has 6 nitrogen and oxygen atoms in total. The molecule has 0 N–H and O–H groups in total. The van der Waals surface area contributed by atoms with Crippen LogP contribution in [0.4, 0.5) is 0 Å². The molecule has 0 atom stereocenters. The predicted octanol–water partition coefficient (Wildman–Crippen LogP) is 3.68. The van der Waals surface area contributed by atoms with Crippen LogP contribution in [0.25, 0.3) is 16.9 Å². The number of rotatable bonds is 5. The lowest BCUT2D eigenvalue weighted by Gasteiger charge is -2.30. The van der Waals surface area contributed by atoms with Gasteiger partial charge >= 0.3 is 0 Å². The number of aromatic nitrogens is 4. The Morgan fingerprint density at radius 3 is 2.54 bits per heavy atom. The van der Waals surface area contributed by atoms with Gasteiger partial charge in [-0.3, -0.25) is 4.79 Å². The minimum absolute atomic E-state index is 0.192. The summed E-state index contributed by atoms with van der Waals surface area (Å²) in [5.74, 6) is 1.34. The van der Waals surface area contributed by atoms with Gasteiger partial charge < -0.3 is 9.47 Å². The minimum atomic E-state index is 0.192. The first kappa shape index (κ1) is 18.7. The summed E-state index contributed by atoms with van der Waals surface area (Å²) in [6.45, 7) is 4.00. The van der Waals surface area contributed by atoms with Crippen molar-refractivity contribution in [1.82, 2.24) is 24.6 Å². The molecule has 2 aromatic heterocycles. The summed E-state index contributed by atoms with van der Waals surface area (Å²) >= 11 is 1.45. The number of amides is 1. The largest absolute Gasteiger partial charge is 0.342 e. The number of benzene rings is 1. The monoisotopic (exact) mass is 393 g/mol. The van der Waals surface area contributed by atoms with Crippen LogP contribution >= 0.6 is 11.8 Å². The van der Waals surface area contributed by atoms with Crippen LogP contribution in [0.3, 0.4) is 0 Å².